The van der Waals surface area contributed by atoms with Gasteiger partial charge in [-0.15, -0.1) is 0 Å². The van der Waals surface area contributed by atoms with E-state index < -0.39 is 0 Å². The highest BCUT2D eigenvalue weighted by Gasteiger charge is 2.13. The van der Waals surface area contributed by atoms with Crippen molar-refractivity contribution in [2.24, 2.45) is 0 Å². The second kappa shape index (κ2) is 5.50. The maximum absolute atomic E-state index is 11.4. The van der Waals surface area contributed by atoms with Crippen molar-refractivity contribution in [1.82, 2.24) is 14.5 Å². The predicted molar refractivity (Wildman–Crippen MR) is 83.4 cm³/mol. The summed E-state index contributed by atoms with van der Waals surface area (Å²) in [5.41, 5.74) is 4.65. The smallest absolute Gasteiger partial charge is 0.152 e. The number of aromatic nitrogens is 2. The van der Waals surface area contributed by atoms with Gasteiger partial charge in [0.25, 0.3) is 0 Å². The molecule has 0 aliphatic carbocycles. The number of hydrogen-bond donors (Lipinski definition) is 0. The van der Waals surface area contributed by atoms with Crippen LogP contribution >= 0.6 is 0 Å². The van der Waals surface area contributed by atoms with Gasteiger partial charge in [0.2, 0.25) is 0 Å². The fraction of sp³-hybridized carbons (Fsp3) is 0.176. The fourth-order valence-electron chi connectivity index (χ4n) is 2.59. The van der Waals surface area contributed by atoms with Crippen LogP contribution in [-0.2, 0) is 6.54 Å². The van der Waals surface area contributed by atoms with Crippen LogP contribution in [0.1, 0.15) is 15.9 Å². The first kappa shape index (κ1) is 13.5. The molecule has 106 valence electrons. The number of aldehydes is 1. The highest BCUT2D eigenvalue weighted by molar-refractivity contribution is 5.89. The molecule has 0 spiro atoms. The summed E-state index contributed by atoms with van der Waals surface area (Å²) in [4.78, 5) is 13.5. The normalized spacial score (nSPS) is 11.2. The first-order valence-corrected chi connectivity index (χ1v) is 6.85. The number of hydrogen-bond acceptors (Lipinski definition) is 3. The molecule has 3 aromatic rings. The topological polar surface area (TPSA) is 37.6 Å². The lowest BCUT2D eigenvalue weighted by Gasteiger charge is -2.11. The van der Waals surface area contributed by atoms with Crippen LogP contribution in [0.2, 0.25) is 0 Å². The molecule has 0 saturated carbocycles. The molecule has 2 aromatic heterocycles. The van der Waals surface area contributed by atoms with Crippen LogP contribution < -0.4 is 0 Å². The Labute approximate surface area is 123 Å². The molecule has 0 amide bonds. The minimum Gasteiger partial charge on any atom is -0.305 e. The van der Waals surface area contributed by atoms with Crippen molar-refractivity contribution in [3.63, 3.8) is 0 Å². The quantitative estimate of drug-likeness (QED) is 0.689. The lowest BCUT2D eigenvalue weighted by Crippen LogP contribution is -2.10. The second-order valence-electron chi connectivity index (χ2n) is 5.36. The van der Waals surface area contributed by atoms with Crippen molar-refractivity contribution in [1.29, 1.82) is 0 Å². The van der Waals surface area contributed by atoms with Crippen LogP contribution in [-0.4, -0.2) is 34.9 Å². The maximum atomic E-state index is 11.4. The average molecular weight is 279 g/mol. The number of benzene rings is 1. The van der Waals surface area contributed by atoms with E-state index in [1.165, 1.54) is 5.56 Å². The van der Waals surface area contributed by atoms with Gasteiger partial charge in [-0.1, -0.05) is 18.2 Å². The largest absolute Gasteiger partial charge is 0.305 e. The van der Waals surface area contributed by atoms with Gasteiger partial charge in [-0.2, -0.15) is 5.10 Å². The molecule has 0 radical (unpaired) electrons. The van der Waals surface area contributed by atoms with Crippen LogP contribution in [0.5, 0.6) is 0 Å². The molecular weight excluding hydrogens is 262 g/mol. The van der Waals surface area contributed by atoms with Gasteiger partial charge < -0.3 is 4.90 Å². The Bertz CT molecular complexity index is 790. The molecule has 4 heteroatoms. The first-order valence-electron chi connectivity index (χ1n) is 6.85. The van der Waals surface area contributed by atoms with E-state index in [4.69, 9.17) is 0 Å². The van der Waals surface area contributed by atoms with Gasteiger partial charge in [-0.25, -0.2) is 4.52 Å². The zero-order chi connectivity index (χ0) is 14.8. The second-order valence-corrected chi connectivity index (χ2v) is 5.36. The number of fused-ring (bicyclic) bond motifs is 1. The summed E-state index contributed by atoms with van der Waals surface area (Å²) >= 11 is 0. The lowest BCUT2D eigenvalue weighted by molar-refractivity contribution is 0.112. The third kappa shape index (κ3) is 2.58. The van der Waals surface area contributed by atoms with Crippen molar-refractivity contribution in [3.05, 3.63) is 59.8 Å². The van der Waals surface area contributed by atoms with Crippen LogP contribution in [0, 0.1) is 0 Å². The minimum absolute atomic E-state index is 0.663. The monoisotopic (exact) mass is 279 g/mol. The molecular formula is C17H17N3O. The van der Waals surface area contributed by atoms with Gasteiger partial charge in [0.15, 0.2) is 6.29 Å². The molecule has 21 heavy (non-hydrogen) atoms. The Morgan fingerprint density at radius 2 is 2.05 bits per heavy atom. The molecule has 0 atom stereocenters. The molecule has 2 heterocycles. The van der Waals surface area contributed by atoms with Crippen molar-refractivity contribution >= 4 is 11.8 Å². The van der Waals surface area contributed by atoms with Crippen molar-refractivity contribution in [2.45, 2.75) is 6.54 Å². The van der Waals surface area contributed by atoms with Crippen molar-refractivity contribution in [2.75, 3.05) is 14.1 Å². The number of nitrogens with zero attached hydrogens (tertiary/aromatic N) is 3. The summed E-state index contributed by atoms with van der Waals surface area (Å²) in [5.74, 6) is 0. The number of carbonyl (C=O) groups excluding carboxylic acids is 1. The molecule has 0 bridgehead atoms. The van der Waals surface area contributed by atoms with Crippen LogP contribution in [0.3, 0.4) is 0 Å². The third-order valence-corrected chi connectivity index (χ3v) is 3.39. The molecule has 0 fully saturated rings. The molecule has 1 aromatic carbocycles. The summed E-state index contributed by atoms with van der Waals surface area (Å²) in [6.07, 6.45) is 2.62. The summed E-state index contributed by atoms with van der Waals surface area (Å²) < 4.78 is 1.82. The standard InChI is InChI=1S/C17H17N3O/c1-19(2)11-13-5-3-6-14(9-13)17-15(12-21)10-16-7-4-8-18-20(16)17/h3-10,12H,11H2,1-2H3. The van der Waals surface area contributed by atoms with Gasteiger partial charge in [0, 0.05) is 23.9 Å². The van der Waals surface area contributed by atoms with Gasteiger partial charge >= 0.3 is 0 Å². The van der Waals surface area contributed by atoms with Crippen LogP contribution in [0.4, 0.5) is 0 Å². The highest BCUT2D eigenvalue weighted by Crippen LogP contribution is 2.26. The Morgan fingerprint density at radius 3 is 2.81 bits per heavy atom. The van der Waals surface area contributed by atoms with Crippen molar-refractivity contribution < 1.29 is 4.79 Å². The zero-order valence-corrected chi connectivity index (χ0v) is 12.2. The van der Waals surface area contributed by atoms with E-state index in [0.717, 1.165) is 29.6 Å². The van der Waals surface area contributed by atoms with Crippen LogP contribution in [0.15, 0.2) is 48.7 Å². The number of rotatable bonds is 4. The van der Waals surface area contributed by atoms with Gasteiger partial charge in [0.1, 0.15) is 0 Å². The molecule has 0 aliphatic heterocycles. The molecule has 4 nitrogen and oxygen atoms in total. The highest BCUT2D eigenvalue weighted by atomic mass is 16.1. The summed E-state index contributed by atoms with van der Waals surface area (Å²) in [7, 11) is 4.08. The zero-order valence-electron chi connectivity index (χ0n) is 12.2. The van der Waals surface area contributed by atoms with E-state index in [9.17, 15) is 4.79 Å². The van der Waals surface area contributed by atoms with E-state index in [-0.39, 0.29) is 0 Å². The van der Waals surface area contributed by atoms with E-state index >= 15 is 0 Å². The van der Waals surface area contributed by atoms with Gasteiger partial charge in [-0.3, -0.25) is 4.79 Å². The van der Waals surface area contributed by atoms with E-state index in [0.29, 0.717) is 5.56 Å². The maximum Gasteiger partial charge on any atom is 0.152 e. The molecule has 3 rings (SSSR count). The Hall–Kier alpha value is -2.46. The van der Waals surface area contributed by atoms with Gasteiger partial charge in [0.05, 0.1) is 11.2 Å². The Balaban J connectivity index is 2.17. The molecule has 0 aliphatic rings. The first-order chi connectivity index (χ1) is 10.2. The van der Waals surface area contributed by atoms with Crippen LogP contribution in [0.25, 0.3) is 16.8 Å². The van der Waals surface area contributed by atoms with Crippen molar-refractivity contribution in [3.8, 4) is 11.3 Å². The third-order valence-electron chi connectivity index (χ3n) is 3.39. The van der Waals surface area contributed by atoms with E-state index in [1.807, 2.05) is 48.9 Å². The molecule has 0 saturated heterocycles. The Morgan fingerprint density at radius 1 is 1.19 bits per heavy atom. The average Bonchev–Trinajstić information content (AvgIpc) is 2.85. The van der Waals surface area contributed by atoms with Gasteiger partial charge in [-0.05, 0) is 43.9 Å². The molecule has 0 unspecified atom stereocenters. The summed E-state index contributed by atoms with van der Waals surface area (Å²) in [5, 5.41) is 4.36. The SMILES string of the molecule is CN(C)Cc1cccc(-c2c(C=O)cc3cccnn23)c1. The number of carbonyl (C=O) groups is 1. The summed E-state index contributed by atoms with van der Waals surface area (Å²) in [6.45, 7) is 0.862. The minimum atomic E-state index is 0.663. The van der Waals surface area contributed by atoms with E-state index in [1.54, 1.807) is 6.20 Å². The van der Waals surface area contributed by atoms with E-state index in [2.05, 4.69) is 22.1 Å². The molecule has 0 N–H and O–H groups in total. The lowest BCUT2D eigenvalue weighted by atomic mass is 10.1. The summed E-state index contributed by atoms with van der Waals surface area (Å²) in [6, 6.07) is 13.9. The Kier molecular flexibility index (Phi) is 3.54. The predicted octanol–water partition coefficient (Wildman–Crippen LogP) is 2.88. The fourth-order valence-corrected chi connectivity index (χ4v) is 2.59.